The van der Waals surface area contributed by atoms with Gasteiger partial charge in [-0.3, -0.25) is 0 Å². The van der Waals surface area contributed by atoms with Crippen molar-refractivity contribution in [3.8, 4) is 0 Å². The molecule has 0 heterocycles. The highest BCUT2D eigenvalue weighted by Crippen LogP contribution is 2.28. The maximum absolute atomic E-state index is 6.19. The molecule has 1 aliphatic rings. The molecule has 0 spiro atoms. The smallest absolute Gasteiger partial charge is 0.0112 e. The highest BCUT2D eigenvalue weighted by Gasteiger charge is 2.33. The third-order valence-corrected chi connectivity index (χ3v) is 3.45. The second-order valence-corrected chi connectivity index (χ2v) is 5.99. The van der Waals surface area contributed by atoms with Crippen molar-refractivity contribution in [2.24, 2.45) is 17.6 Å². The van der Waals surface area contributed by atoms with E-state index >= 15 is 0 Å². The second-order valence-electron chi connectivity index (χ2n) is 5.99. The first-order valence-electron chi connectivity index (χ1n) is 5.84. The fourth-order valence-electron chi connectivity index (χ4n) is 2.44. The van der Waals surface area contributed by atoms with Gasteiger partial charge in [0.1, 0.15) is 0 Å². The standard InChI is InChI=1S/C12H26N2/c1-8-6-7-10(9(2)11(8)13)14-12(3,4)5/h8-11,14H,6-7,13H2,1-5H3. The fraction of sp³-hybridized carbons (Fsp3) is 1.00. The summed E-state index contributed by atoms with van der Waals surface area (Å²) in [4.78, 5) is 0. The maximum Gasteiger partial charge on any atom is 0.0112 e. The molecular weight excluding hydrogens is 172 g/mol. The monoisotopic (exact) mass is 198 g/mol. The first-order chi connectivity index (χ1) is 6.31. The molecule has 4 unspecified atom stereocenters. The lowest BCUT2D eigenvalue weighted by molar-refractivity contribution is 0.166. The molecule has 0 radical (unpaired) electrons. The molecule has 2 heteroatoms. The summed E-state index contributed by atoms with van der Waals surface area (Å²) < 4.78 is 0. The van der Waals surface area contributed by atoms with E-state index in [9.17, 15) is 0 Å². The lowest BCUT2D eigenvalue weighted by atomic mass is 9.75. The topological polar surface area (TPSA) is 38.0 Å². The Balaban J connectivity index is 2.55. The van der Waals surface area contributed by atoms with Gasteiger partial charge in [0.05, 0.1) is 0 Å². The van der Waals surface area contributed by atoms with Crippen LogP contribution in [0, 0.1) is 11.8 Å². The average Bonchev–Trinajstić information content (AvgIpc) is 2.04. The van der Waals surface area contributed by atoms with Gasteiger partial charge in [-0.1, -0.05) is 13.8 Å². The van der Waals surface area contributed by atoms with Gasteiger partial charge < -0.3 is 11.1 Å². The van der Waals surface area contributed by atoms with Gasteiger partial charge >= 0.3 is 0 Å². The van der Waals surface area contributed by atoms with Crippen LogP contribution in [-0.4, -0.2) is 17.6 Å². The van der Waals surface area contributed by atoms with Crippen molar-refractivity contribution < 1.29 is 0 Å². The van der Waals surface area contributed by atoms with Crippen LogP contribution >= 0.6 is 0 Å². The Hall–Kier alpha value is -0.0800. The largest absolute Gasteiger partial charge is 0.327 e. The van der Waals surface area contributed by atoms with Gasteiger partial charge in [0.2, 0.25) is 0 Å². The summed E-state index contributed by atoms with van der Waals surface area (Å²) in [6.45, 7) is 11.2. The van der Waals surface area contributed by atoms with Crippen LogP contribution in [0.1, 0.15) is 47.5 Å². The summed E-state index contributed by atoms with van der Waals surface area (Å²) in [5, 5.41) is 3.68. The van der Waals surface area contributed by atoms with Gasteiger partial charge in [-0.05, 0) is 45.4 Å². The van der Waals surface area contributed by atoms with Gasteiger partial charge in [0.15, 0.2) is 0 Å². The molecule has 1 fully saturated rings. The van der Waals surface area contributed by atoms with Crippen LogP contribution in [0.3, 0.4) is 0 Å². The van der Waals surface area contributed by atoms with Gasteiger partial charge in [0.25, 0.3) is 0 Å². The van der Waals surface area contributed by atoms with E-state index in [0.29, 0.717) is 23.9 Å². The number of hydrogen-bond acceptors (Lipinski definition) is 2. The molecular formula is C12H26N2. The second kappa shape index (κ2) is 4.19. The molecule has 0 amide bonds. The van der Waals surface area contributed by atoms with Crippen molar-refractivity contribution in [2.45, 2.75) is 65.1 Å². The van der Waals surface area contributed by atoms with Gasteiger partial charge in [-0.25, -0.2) is 0 Å². The van der Waals surface area contributed by atoms with Crippen LogP contribution in [0.2, 0.25) is 0 Å². The summed E-state index contributed by atoms with van der Waals surface area (Å²) in [6.07, 6.45) is 2.53. The molecule has 1 aliphatic carbocycles. The number of nitrogens with two attached hydrogens (primary N) is 1. The zero-order valence-corrected chi connectivity index (χ0v) is 10.3. The predicted molar refractivity (Wildman–Crippen MR) is 62.2 cm³/mol. The number of hydrogen-bond donors (Lipinski definition) is 2. The Morgan fingerprint density at radius 1 is 1.14 bits per heavy atom. The molecule has 84 valence electrons. The molecule has 2 nitrogen and oxygen atoms in total. The Morgan fingerprint density at radius 3 is 2.21 bits per heavy atom. The minimum atomic E-state index is 0.208. The van der Waals surface area contributed by atoms with Crippen LogP contribution in [0.5, 0.6) is 0 Å². The molecule has 0 saturated heterocycles. The summed E-state index contributed by atoms with van der Waals surface area (Å²) >= 11 is 0. The number of nitrogens with one attached hydrogen (secondary N) is 1. The van der Waals surface area contributed by atoms with Crippen molar-refractivity contribution in [3.63, 3.8) is 0 Å². The third-order valence-electron chi connectivity index (χ3n) is 3.45. The van der Waals surface area contributed by atoms with Crippen LogP contribution in [-0.2, 0) is 0 Å². The molecule has 4 atom stereocenters. The maximum atomic E-state index is 6.19. The first-order valence-corrected chi connectivity index (χ1v) is 5.84. The van der Waals surface area contributed by atoms with Crippen molar-refractivity contribution in [2.75, 3.05) is 0 Å². The van der Waals surface area contributed by atoms with E-state index < -0.39 is 0 Å². The van der Waals surface area contributed by atoms with E-state index in [2.05, 4.69) is 39.9 Å². The van der Waals surface area contributed by atoms with Crippen LogP contribution in [0.25, 0.3) is 0 Å². The van der Waals surface area contributed by atoms with E-state index in [0.717, 1.165) is 0 Å². The van der Waals surface area contributed by atoms with E-state index in [1.165, 1.54) is 12.8 Å². The molecule has 14 heavy (non-hydrogen) atoms. The van der Waals surface area contributed by atoms with E-state index in [1.807, 2.05) is 0 Å². The molecule has 1 rings (SSSR count). The van der Waals surface area contributed by atoms with Crippen molar-refractivity contribution in [1.29, 1.82) is 0 Å². The Morgan fingerprint density at radius 2 is 1.71 bits per heavy atom. The molecule has 0 aromatic heterocycles. The highest BCUT2D eigenvalue weighted by atomic mass is 15.0. The summed E-state index contributed by atoms with van der Waals surface area (Å²) in [5.74, 6) is 1.28. The zero-order chi connectivity index (χ0) is 10.9. The van der Waals surface area contributed by atoms with E-state index in [4.69, 9.17) is 5.73 Å². The van der Waals surface area contributed by atoms with Gasteiger partial charge in [0, 0.05) is 17.6 Å². The molecule has 3 N–H and O–H groups in total. The normalized spacial score (nSPS) is 39.9. The SMILES string of the molecule is CC1CCC(NC(C)(C)C)C(C)C1N. The van der Waals surface area contributed by atoms with Gasteiger partial charge in [-0.15, -0.1) is 0 Å². The quantitative estimate of drug-likeness (QED) is 0.677. The molecule has 1 saturated carbocycles. The molecule has 0 aromatic carbocycles. The van der Waals surface area contributed by atoms with Crippen LogP contribution in [0.4, 0.5) is 0 Å². The van der Waals surface area contributed by atoms with E-state index in [1.54, 1.807) is 0 Å². The van der Waals surface area contributed by atoms with E-state index in [-0.39, 0.29) is 5.54 Å². The van der Waals surface area contributed by atoms with Crippen LogP contribution in [0.15, 0.2) is 0 Å². The first kappa shape index (κ1) is 12.0. The lowest BCUT2D eigenvalue weighted by Gasteiger charge is -2.41. The molecule has 0 aliphatic heterocycles. The highest BCUT2D eigenvalue weighted by molar-refractivity contribution is 4.92. The average molecular weight is 198 g/mol. The zero-order valence-electron chi connectivity index (χ0n) is 10.3. The Kier molecular flexibility index (Phi) is 3.59. The fourth-order valence-corrected chi connectivity index (χ4v) is 2.44. The van der Waals surface area contributed by atoms with Crippen molar-refractivity contribution in [1.82, 2.24) is 5.32 Å². The minimum Gasteiger partial charge on any atom is -0.327 e. The van der Waals surface area contributed by atoms with Gasteiger partial charge in [-0.2, -0.15) is 0 Å². The molecule has 0 bridgehead atoms. The Bertz CT molecular complexity index is 183. The Labute approximate surface area is 88.6 Å². The van der Waals surface area contributed by atoms with Crippen molar-refractivity contribution in [3.05, 3.63) is 0 Å². The molecule has 0 aromatic rings. The minimum absolute atomic E-state index is 0.208. The summed E-state index contributed by atoms with van der Waals surface area (Å²) in [6, 6.07) is 0.963. The number of rotatable bonds is 1. The summed E-state index contributed by atoms with van der Waals surface area (Å²) in [5.41, 5.74) is 6.40. The van der Waals surface area contributed by atoms with Crippen molar-refractivity contribution >= 4 is 0 Å². The third kappa shape index (κ3) is 2.96. The van der Waals surface area contributed by atoms with Crippen LogP contribution < -0.4 is 11.1 Å². The lowest BCUT2D eigenvalue weighted by Crippen LogP contribution is -2.55. The summed E-state index contributed by atoms with van der Waals surface area (Å²) in [7, 11) is 0. The predicted octanol–water partition coefficient (Wildman–Crippen LogP) is 2.14.